The largest absolute Gasteiger partial charge is 0.327 e. The molecule has 0 saturated heterocycles. The molecule has 2 N–H and O–H groups in total. The summed E-state index contributed by atoms with van der Waals surface area (Å²) in [6, 6.07) is 3.87. The fraction of sp³-hybridized carbons (Fsp3) is 0.500. The highest BCUT2D eigenvalue weighted by Gasteiger charge is 2.56. The fourth-order valence-corrected chi connectivity index (χ4v) is 2.45. The van der Waals surface area contributed by atoms with Crippen LogP contribution in [0.5, 0.6) is 0 Å². The van der Waals surface area contributed by atoms with Crippen LogP contribution in [0.1, 0.15) is 25.3 Å². The maximum Gasteiger partial charge on any atom is 0.131 e. The van der Waals surface area contributed by atoms with Crippen molar-refractivity contribution in [3.63, 3.8) is 0 Å². The Bertz CT molecular complexity index is 356. The molecule has 1 aromatic heterocycles. The van der Waals surface area contributed by atoms with Crippen molar-refractivity contribution in [1.82, 2.24) is 4.98 Å². The molecule has 0 aliphatic heterocycles. The third-order valence-electron chi connectivity index (χ3n) is 3.05. The van der Waals surface area contributed by atoms with Crippen LogP contribution < -0.4 is 5.73 Å². The van der Waals surface area contributed by atoms with Gasteiger partial charge in [0.15, 0.2) is 0 Å². The van der Waals surface area contributed by atoms with E-state index < -0.39 is 0 Å². The molecule has 2 rings (SSSR count). The normalized spacial score (nSPS) is 28.9. The summed E-state index contributed by atoms with van der Waals surface area (Å²) in [5.41, 5.74) is 7.21. The summed E-state index contributed by atoms with van der Waals surface area (Å²) in [5.74, 6) is 0.348. The molecule has 2 nitrogen and oxygen atoms in total. The van der Waals surface area contributed by atoms with Gasteiger partial charge in [0.25, 0.3) is 0 Å². The van der Waals surface area contributed by atoms with Crippen LogP contribution in [-0.2, 0) is 0 Å². The number of halogens is 2. The monoisotopic (exact) mass is 230 g/mol. The van der Waals surface area contributed by atoms with E-state index in [1.165, 1.54) is 0 Å². The molecular formula is C10H12Cl2N2. The van der Waals surface area contributed by atoms with Crippen molar-refractivity contribution in [2.75, 3.05) is 0 Å². The van der Waals surface area contributed by atoms with E-state index in [0.717, 1.165) is 5.56 Å². The number of hydrogen-bond donors (Lipinski definition) is 1. The third-order valence-corrected chi connectivity index (χ3v) is 3.44. The minimum absolute atomic E-state index is 0.147. The molecule has 4 heteroatoms. The lowest BCUT2D eigenvalue weighted by molar-refractivity contribution is 0.599. The second kappa shape index (κ2) is 3.09. The van der Waals surface area contributed by atoms with Gasteiger partial charge in [-0.1, -0.05) is 37.0 Å². The smallest absolute Gasteiger partial charge is 0.131 e. The zero-order valence-corrected chi connectivity index (χ0v) is 9.60. The van der Waals surface area contributed by atoms with Crippen LogP contribution in [-0.4, -0.2) is 11.0 Å². The van der Waals surface area contributed by atoms with Crippen molar-refractivity contribution < 1.29 is 0 Å². The first kappa shape index (κ1) is 10.2. The Hall–Kier alpha value is -0.310. The Morgan fingerprint density at radius 1 is 1.29 bits per heavy atom. The van der Waals surface area contributed by atoms with Crippen molar-refractivity contribution in [1.29, 1.82) is 0 Å². The van der Waals surface area contributed by atoms with Crippen molar-refractivity contribution >= 4 is 23.2 Å². The fourth-order valence-electron chi connectivity index (χ4n) is 1.98. The molecule has 76 valence electrons. The molecular weight excluding hydrogens is 219 g/mol. The summed E-state index contributed by atoms with van der Waals surface area (Å²) in [6.07, 6.45) is 0. The first-order chi connectivity index (χ1) is 6.43. The summed E-state index contributed by atoms with van der Waals surface area (Å²) in [5, 5.41) is 0.866. The highest BCUT2D eigenvalue weighted by atomic mass is 35.5. The van der Waals surface area contributed by atoms with E-state index in [-0.39, 0.29) is 11.5 Å². The Labute approximate surface area is 93.4 Å². The maximum absolute atomic E-state index is 5.97. The average molecular weight is 231 g/mol. The van der Waals surface area contributed by atoms with Gasteiger partial charge in [0.05, 0.1) is 0 Å². The minimum Gasteiger partial charge on any atom is -0.327 e. The molecule has 0 radical (unpaired) electrons. The van der Waals surface area contributed by atoms with Crippen molar-refractivity contribution in [3.8, 4) is 0 Å². The van der Waals surface area contributed by atoms with Gasteiger partial charge in [-0.05, 0) is 23.1 Å². The van der Waals surface area contributed by atoms with Crippen LogP contribution >= 0.6 is 23.2 Å². The number of nitrogens with zero attached hydrogens (tertiary/aromatic N) is 1. The highest BCUT2D eigenvalue weighted by Crippen LogP contribution is 2.57. The van der Waals surface area contributed by atoms with Crippen LogP contribution in [0.2, 0.25) is 10.3 Å². The lowest BCUT2D eigenvalue weighted by Gasteiger charge is -2.03. The maximum atomic E-state index is 5.97. The van der Waals surface area contributed by atoms with E-state index in [0.29, 0.717) is 16.2 Å². The Morgan fingerprint density at radius 2 is 1.71 bits per heavy atom. The van der Waals surface area contributed by atoms with E-state index in [1.54, 1.807) is 0 Å². The lowest BCUT2D eigenvalue weighted by atomic mass is 10.0. The number of nitrogens with two attached hydrogens (primary N) is 1. The van der Waals surface area contributed by atoms with E-state index in [4.69, 9.17) is 28.9 Å². The van der Waals surface area contributed by atoms with Crippen LogP contribution in [0.3, 0.4) is 0 Å². The van der Waals surface area contributed by atoms with Crippen molar-refractivity contribution in [3.05, 3.63) is 28.0 Å². The predicted molar refractivity (Wildman–Crippen MR) is 58.8 cm³/mol. The molecule has 1 fully saturated rings. The summed E-state index contributed by atoms with van der Waals surface area (Å²) < 4.78 is 0. The molecule has 1 aliphatic carbocycles. The second-order valence-corrected chi connectivity index (χ2v) is 5.15. The zero-order valence-electron chi connectivity index (χ0n) is 8.09. The standard InChI is InChI=1S/C10H12Cl2N2/c1-10(2)8(9(10)13)5-3-6(11)14-7(12)4-5/h3-4,8-9H,13H2,1-2H3. The van der Waals surface area contributed by atoms with Gasteiger partial charge in [-0.15, -0.1) is 0 Å². The van der Waals surface area contributed by atoms with E-state index in [9.17, 15) is 0 Å². The van der Waals surface area contributed by atoms with E-state index >= 15 is 0 Å². The van der Waals surface area contributed by atoms with Crippen molar-refractivity contribution in [2.45, 2.75) is 25.8 Å². The van der Waals surface area contributed by atoms with Crippen LogP contribution in [0, 0.1) is 5.41 Å². The Morgan fingerprint density at radius 3 is 2.07 bits per heavy atom. The highest BCUT2D eigenvalue weighted by molar-refractivity contribution is 6.32. The molecule has 1 aromatic rings. The first-order valence-corrected chi connectivity index (χ1v) is 5.27. The molecule has 14 heavy (non-hydrogen) atoms. The van der Waals surface area contributed by atoms with Crippen LogP contribution in [0.15, 0.2) is 12.1 Å². The molecule has 0 spiro atoms. The summed E-state index contributed by atoms with van der Waals surface area (Å²) in [4.78, 5) is 3.91. The van der Waals surface area contributed by atoms with E-state index in [2.05, 4.69) is 18.8 Å². The van der Waals surface area contributed by atoms with Gasteiger partial charge in [-0.3, -0.25) is 0 Å². The molecule has 0 bridgehead atoms. The van der Waals surface area contributed by atoms with E-state index in [1.807, 2.05) is 12.1 Å². The van der Waals surface area contributed by atoms with Gasteiger partial charge in [0, 0.05) is 12.0 Å². The molecule has 2 atom stereocenters. The van der Waals surface area contributed by atoms with Gasteiger partial charge in [0.1, 0.15) is 10.3 Å². The minimum atomic E-state index is 0.147. The summed E-state index contributed by atoms with van der Waals surface area (Å²) >= 11 is 11.7. The predicted octanol–water partition coefficient (Wildman–Crippen LogP) is 2.84. The first-order valence-electron chi connectivity index (χ1n) is 4.51. The summed E-state index contributed by atoms with van der Waals surface area (Å²) in [7, 11) is 0. The van der Waals surface area contributed by atoms with Gasteiger partial charge >= 0.3 is 0 Å². The van der Waals surface area contributed by atoms with Gasteiger partial charge in [-0.2, -0.15) is 0 Å². The SMILES string of the molecule is CC1(C)C(N)C1c1cc(Cl)nc(Cl)c1. The topological polar surface area (TPSA) is 38.9 Å². The Kier molecular flexibility index (Phi) is 2.25. The molecule has 0 aromatic carbocycles. The van der Waals surface area contributed by atoms with Gasteiger partial charge < -0.3 is 5.73 Å². The molecule has 1 heterocycles. The van der Waals surface area contributed by atoms with Crippen LogP contribution in [0.4, 0.5) is 0 Å². The molecule has 2 unspecified atom stereocenters. The Balaban J connectivity index is 2.35. The van der Waals surface area contributed by atoms with Crippen LogP contribution in [0.25, 0.3) is 0 Å². The van der Waals surface area contributed by atoms with Gasteiger partial charge in [-0.25, -0.2) is 4.98 Å². The number of pyridine rings is 1. The van der Waals surface area contributed by atoms with Gasteiger partial charge in [0.2, 0.25) is 0 Å². The second-order valence-electron chi connectivity index (χ2n) is 4.37. The quantitative estimate of drug-likeness (QED) is 0.754. The molecule has 1 saturated carbocycles. The zero-order chi connectivity index (χ0) is 10.5. The summed E-state index contributed by atoms with van der Waals surface area (Å²) in [6.45, 7) is 4.29. The third kappa shape index (κ3) is 1.52. The molecule has 0 amide bonds. The van der Waals surface area contributed by atoms with Crippen molar-refractivity contribution in [2.24, 2.45) is 11.1 Å². The number of rotatable bonds is 1. The average Bonchev–Trinajstić information content (AvgIpc) is 2.48. The molecule has 1 aliphatic rings. The number of hydrogen-bond acceptors (Lipinski definition) is 2. The lowest BCUT2D eigenvalue weighted by Crippen LogP contribution is -2.06. The number of aromatic nitrogens is 1.